The van der Waals surface area contributed by atoms with Crippen molar-refractivity contribution < 1.29 is 13.2 Å². The van der Waals surface area contributed by atoms with Gasteiger partial charge in [-0.25, -0.2) is 18.2 Å². The van der Waals surface area contributed by atoms with Crippen LogP contribution in [0.3, 0.4) is 0 Å². The summed E-state index contributed by atoms with van der Waals surface area (Å²) in [5, 5.41) is 2.31. The zero-order valence-corrected chi connectivity index (χ0v) is 12.5. The lowest BCUT2D eigenvalue weighted by Crippen LogP contribution is -2.21. The highest BCUT2D eigenvalue weighted by molar-refractivity contribution is 5.92. The molecule has 1 aromatic carbocycles. The standard InChI is InChI=1S/C15H18F3N5/c16-9-8-12(22-15(20)23-14(8)19)11(18)13(10(9)17)21-7-5-3-1-2-4-6-7/h7,21H,1-6H2,(H4,19,20,22,23). The Bertz CT molecular complexity index is 742. The number of nitrogens with two attached hydrogens (primary N) is 2. The third-order valence-corrected chi connectivity index (χ3v) is 4.22. The minimum absolute atomic E-state index is 0.102. The van der Waals surface area contributed by atoms with Crippen LogP contribution >= 0.6 is 0 Å². The second kappa shape index (κ2) is 6.10. The van der Waals surface area contributed by atoms with Gasteiger partial charge in [0.25, 0.3) is 0 Å². The Balaban J connectivity index is 2.09. The van der Waals surface area contributed by atoms with E-state index in [9.17, 15) is 13.2 Å². The number of rotatable bonds is 2. The van der Waals surface area contributed by atoms with Gasteiger partial charge < -0.3 is 16.8 Å². The van der Waals surface area contributed by atoms with Gasteiger partial charge in [-0.15, -0.1) is 0 Å². The van der Waals surface area contributed by atoms with Gasteiger partial charge >= 0.3 is 0 Å². The van der Waals surface area contributed by atoms with Crippen molar-refractivity contribution in [2.24, 2.45) is 0 Å². The van der Waals surface area contributed by atoms with Crippen molar-refractivity contribution in [1.82, 2.24) is 9.97 Å². The van der Waals surface area contributed by atoms with Gasteiger partial charge in [0.1, 0.15) is 17.0 Å². The number of anilines is 3. The molecule has 0 aliphatic heterocycles. The van der Waals surface area contributed by atoms with E-state index >= 15 is 0 Å². The Hall–Kier alpha value is -2.25. The lowest BCUT2D eigenvalue weighted by Gasteiger charge is -2.19. The highest BCUT2D eigenvalue weighted by Gasteiger charge is 2.25. The van der Waals surface area contributed by atoms with Crippen molar-refractivity contribution in [3.63, 3.8) is 0 Å². The SMILES string of the molecule is Nc1nc(N)c2c(F)c(F)c(NC3CCCCCC3)c(F)c2n1. The van der Waals surface area contributed by atoms with Crippen LogP contribution in [0.1, 0.15) is 38.5 Å². The highest BCUT2D eigenvalue weighted by atomic mass is 19.2. The minimum atomic E-state index is -1.31. The van der Waals surface area contributed by atoms with Crippen LogP contribution in [-0.4, -0.2) is 16.0 Å². The van der Waals surface area contributed by atoms with E-state index in [4.69, 9.17) is 11.5 Å². The van der Waals surface area contributed by atoms with E-state index < -0.39 is 34.0 Å². The quantitative estimate of drug-likeness (QED) is 0.582. The Morgan fingerprint density at radius 2 is 1.52 bits per heavy atom. The van der Waals surface area contributed by atoms with Gasteiger partial charge in [-0.05, 0) is 12.8 Å². The summed E-state index contributed by atoms with van der Waals surface area (Å²) in [7, 11) is 0. The molecule has 1 aromatic heterocycles. The molecule has 1 aliphatic carbocycles. The number of aromatic nitrogens is 2. The number of hydrogen-bond donors (Lipinski definition) is 3. The summed E-state index contributed by atoms with van der Waals surface area (Å²) in [4.78, 5) is 7.23. The van der Waals surface area contributed by atoms with Crippen LogP contribution < -0.4 is 16.8 Å². The maximum atomic E-state index is 14.7. The molecule has 0 unspecified atom stereocenters. The molecular formula is C15H18F3N5. The van der Waals surface area contributed by atoms with Gasteiger partial charge in [0.05, 0.1) is 5.39 Å². The Morgan fingerprint density at radius 1 is 0.870 bits per heavy atom. The van der Waals surface area contributed by atoms with Gasteiger partial charge in [-0.3, -0.25) is 0 Å². The maximum absolute atomic E-state index is 14.7. The third-order valence-electron chi connectivity index (χ3n) is 4.22. The number of nitrogens with zero attached hydrogens (tertiary/aromatic N) is 2. The summed E-state index contributed by atoms with van der Waals surface area (Å²) in [6, 6.07) is -0.102. The summed E-state index contributed by atoms with van der Waals surface area (Å²) >= 11 is 0. The summed E-state index contributed by atoms with van der Waals surface area (Å²) in [5.74, 6) is -4.25. The van der Waals surface area contributed by atoms with Crippen molar-refractivity contribution in [3.8, 4) is 0 Å². The lowest BCUT2D eigenvalue weighted by molar-refractivity contribution is 0.503. The van der Waals surface area contributed by atoms with Gasteiger partial charge in [0, 0.05) is 6.04 Å². The molecule has 2 aromatic rings. The molecule has 3 rings (SSSR count). The summed E-state index contributed by atoms with van der Waals surface area (Å²) in [6.07, 6.45) is 5.70. The number of hydrogen-bond acceptors (Lipinski definition) is 5. The van der Waals surface area contributed by atoms with Crippen molar-refractivity contribution >= 4 is 28.4 Å². The fourth-order valence-corrected chi connectivity index (χ4v) is 3.06. The Morgan fingerprint density at radius 3 is 2.17 bits per heavy atom. The van der Waals surface area contributed by atoms with E-state index in [0.29, 0.717) is 0 Å². The van der Waals surface area contributed by atoms with E-state index in [1.807, 2.05) is 0 Å². The molecule has 1 heterocycles. The number of halogens is 3. The average molecular weight is 325 g/mol. The first-order valence-corrected chi connectivity index (χ1v) is 7.64. The third kappa shape index (κ3) is 2.85. The first-order chi connectivity index (χ1) is 11.0. The van der Waals surface area contributed by atoms with E-state index in [1.54, 1.807) is 0 Å². The predicted octanol–water partition coefficient (Wildman–Crippen LogP) is 3.35. The molecule has 5 N–H and O–H groups in total. The van der Waals surface area contributed by atoms with Crippen molar-refractivity contribution in [2.75, 3.05) is 16.8 Å². The number of benzene rings is 1. The van der Waals surface area contributed by atoms with Crippen LogP contribution in [0.15, 0.2) is 0 Å². The molecule has 8 heteroatoms. The predicted molar refractivity (Wildman–Crippen MR) is 83.3 cm³/mol. The molecule has 0 bridgehead atoms. The second-order valence-corrected chi connectivity index (χ2v) is 5.84. The fraction of sp³-hybridized carbons (Fsp3) is 0.467. The highest BCUT2D eigenvalue weighted by Crippen LogP contribution is 2.34. The van der Waals surface area contributed by atoms with Crippen LogP contribution in [0.25, 0.3) is 10.9 Å². The number of nitrogen functional groups attached to an aromatic ring is 2. The summed E-state index contributed by atoms with van der Waals surface area (Å²) < 4.78 is 43.2. The summed E-state index contributed by atoms with van der Waals surface area (Å²) in [5.41, 5.74) is 10.0. The zero-order chi connectivity index (χ0) is 16.6. The molecule has 5 nitrogen and oxygen atoms in total. The molecule has 124 valence electrons. The van der Waals surface area contributed by atoms with Gasteiger partial charge in [0.2, 0.25) is 5.95 Å². The van der Waals surface area contributed by atoms with Crippen LogP contribution in [0.4, 0.5) is 30.6 Å². The smallest absolute Gasteiger partial charge is 0.222 e. The van der Waals surface area contributed by atoms with Gasteiger partial charge in [-0.2, -0.15) is 4.98 Å². The lowest BCUT2D eigenvalue weighted by atomic mass is 10.1. The van der Waals surface area contributed by atoms with Gasteiger partial charge in [-0.1, -0.05) is 25.7 Å². The molecule has 1 fully saturated rings. The average Bonchev–Trinajstić information content (AvgIpc) is 2.77. The topological polar surface area (TPSA) is 89.8 Å². The molecule has 0 amide bonds. The molecular weight excluding hydrogens is 307 g/mol. The number of fused-ring (bicyclic) bond motifs is 1. The van der Waals surface area contributed by atoms with Crippen LogP contribution in [0.2, 0.25) is 0 Å². The zero-order valence-electron chi connectivity index (χ0n) is 12.5. The fourth-order valence-electron chi connectivity index (χ4n) is 3.06. The van der Waals surface area contributed by atoms with Crippen molar-refractivity contribution in [3.05, 3.63) is 17.5 Å². The first kappa shape index (κ1) is 15.6. The number of nitrogens with one attached hydrogen (secondary N) is 1. The molecule has 0 saturated heterocycles. The first-order valence-electron chi connectivity index (χ1n) is 7.64. The second-order valence-electron chi connectivity index (χ2n) is 5.84. The van der Waals surface area contributed by atoms with E-state index in [1.165, 1.54) is 0 Å². The Labute approximate surface area is 131 Å². The van der Waals surface area contributed by atoms with Crippen molar-refractivity contribution in [1.29, 1.82) is 0 Å². The van der Waals surface area contributed by atoms with Crippen LogP contribution in [0, 0.1) is 17.5 Å². The van der Waals surface area contributed by atoms with E-state index in [0.717, 1.165) is 38.5 Å². The largest absolute Gasteiger partial charge is 0.383 e. The monoisotopic (exact) mass is 325 g/mol. The molecule has 0 radical (unpaired) electrons. The van der Waals surface area contributed by atoms with Gasteiger partial charge in [0.15, 0.2) is 17.5 Å². The Kier molecular flexibility index (Phi) is 4.14. The summed E-state index contributed by atoms with van der Waals surface area (Å²) in [6.45, 7) is 0. The van der Waals surface area contributed by atoms with Crippen LogP contribution in [-0.2, 0) is 0 Å². The molecule has 0 atom stereocenters. The normalized spacial score (nSPS) is 16.5. The minimum Gasteiger partial charge on any atom is -0.383 e. The van der Waals surface area contributed by atoms with E-state index in [2.05, 4.69) is 15.3 Å². The molecule has 23 heavy (non-hydrogen) atoms. The van der Waals surface area contributed by atoms with E-state index in [-0.39, 0.29) is 17.8 Å². The molecule has 1 saturated carbocycles. The maximum Gasteiger partial charge on any atom is 0.222 e. The van der Waals surface area contributed by atoms with Crippen LogP contribution in [0.5, 0.6) is 0 Å². The van der Waals surface area contributed by atoms with Crippen molar-refractivity contribution in [2.45, 2.75) is 44.6 Å². The molecule has 0 spiro atoms. The molecule has 1 aliphatic rings.